The van der Waals surface area contributed by atoms with Crippen LogP contribution in [0.2, 0.25) is 0 Å². The van der Waals surface area contributed by atoms with E-state index in [4.69, 9.17) is 9.47 Å². The lowest BCUT2D eigenvalue weighted by Crippen LogP contribution is -2.43. The molecular weight excluding hydrogens is 448 g/mol. The van der Waals surface area contributed by atoms with Crippen LogP contribution in [0.3, 0.4) is 0 Å². The zero-order chi connectivity index (χ0) is 23.6. The van der Waals surface area contributed by atoms with Gasteiger partial charge in [-0.3, -0.25) is 0 Å². The van der Waals surface area contributed by atoms with Crippen molar-refractivity contribution in [2.45, 2.75) is 25.7 Å². The van der Waals surface area contributed by atoms with Crippen LogP contribution in [0.15, 0.2) is 96.4 Å². The number of alkyl carbamates (subject to hydrolysis) is 1. The summed E-state index contributed by atoms with van der Waals surface area (Å²) >= 11 is 1.49. The van der Waals surface area contributed by atoms with Crippen molar-refractivity contribution in [1.29, 1.82) is 0 Å². The minimum atomic E-state index is -0.891. The molecule has 4 rings (SSSR count). The predicted octanol–water partition coefficient (Wildman–Crippen LogP) is 5.39. The molecule has 34 heavy (non-hydrogen) atoms. The Morgan fingerprint density at radius 1 is 0.794 bits per heavy atom. The Kier molecular flexibility index (Phi) is 8.03. The van der Waals surface area contributed by atoms with Gasteiger partial charge in [0.2, 0.25) is 0 Å². The standard InChI is InChI=1S/C27H24N2O4S/c30-26(32-18-23-19-34-25(28-23)22-14-8-3-9-15-22)24(16-20-10-4-1-5-11-20)29-27(31)33-17-21-12-6-2-7-13-21/h1-15,19,24H,16-18H2,(H,29,31)/t24-/m1/s1. The second-order valence-electron chi connectivity index (χ2n) is 7.57. The zero-order valence-electron chi connectivity index (χ0n) is 18.4. The van der Waals surface area contributed by atoms with E-state index in [0.717, 1.165) is 21.7 Å². The Hall–Kier alpha value is -3.97. The lowest BCUT2D eigenvalue weighted by Gasteiger charge is -2.17. The number of ether oxygens (including phenoxy) is 2. The number of benzene rings is 3. The number of rotatable bonds is 9. The molecule has 0 aliphatic carbocycles. The first kappa shape index (κ1) is 23.2. The van der Waals surface area contributed by atoms with Gasteiger partial charge in [-0.2, -0.15) is 0 Å². The molecule has 0 bridgehead atoms. The van der Waals surface area contributed by atoms with Crippen LogP contribution in [-0.4, -0.2) is 23.1 Å². The fourth-order valence-electron chi connectivity index (χ4n) is 3.28. The van der Waals surface area contributed by atoms with Gasteiger partial charge in [0, 0.05) is 17.4 Å². The Morgan fingerprint density at radius 3 is 2.09 bits per heavy atom. The number of aromatic nitrogens is 1. The van der Waals surface area contributed by atoms with E-state index >= 15 is 0 Å². The maximum Gasteiger partial charge on any atom is 0.408 e. The Bertz CT molecular complexity index is 1200. The quantitative estimate of drug-likeness (QED) is 0.331. The number of thiazole rings is 1. The van der Waals surface area contributed by atoms with Crippen LogP contribution in [0.1, 0.15) is 16.8 Å². The minimum Gasteiger partial charge on any atom is -0.458 e. The first-order valence-corrected chi connectivity index (χ1v) is 11.7. The summed E-state index contributed by atoms with van der Waals surface area (Å²) in [4.78, 5) is 29.8. The Morgan fingerprint density at radius 2 is 1.41 bits per heavy atom. The molecule has 1 amide bonds. The topological polar surface area (TPSA) is 77.5 Å². The molecule has 0 aliphatic rings. The third-order valence-electron chi connectivity index (χ3n) is 5.01. The third-order valence-corrected chi connectivity index (χ3v) is 5.95. The molecule has 7 heteroatoms. The molecule has 0 spiro atoms. The van der Waals surface area contributed by atoms with Crippen LogP contribution < -0.4 is 5.32 Å². The highest BCUT2D eigenvalue weighted by Crippen LogP contribution is 2.23. The molecule has 1 N–H and O–H groups in total. The minimum absolute atomic E-state index is 0.0220. The van der Waals surface area contributed by atoms with E-state index in [0.29, 0.717) is 5.69 Å². The largest absolute Gasteiger partial charge is 0.458 e. The van der Waals surface area contributed by atoms with Crippen LogP contribution in [-0.2, 0) is 33.9 Å². The summed E-state index contributed by atoms with van der Waals surface area (Å²) in [5.41, 5.74) is 3.42. The van der Waals surface area contributed by atoms with Crippen LogP contribution in [0.5, 0.6) is 0 Å². The molecule has 1 heterocycles. The number of esters is 1. The number of hydrogen-bond donors (Lipinski definition) is 1. The van der Waals surface area contributed by atoms with Gasteiger partial charge < -0.3 is 14.8 Å². The SMILES string of the molecule is O=C(N[C@H](Cc1ccccc1)C(=O)OCc1csc(-c2ccccc2)n1)OCc1ccccc1. The van der Waals surface area contributed by atoms with Gasteiger partial charge in [0.1, 0.15) is 24.3 Å². The third kappa shape index (κ3) is 6.76. The van der Waals surface area contributed by atoms with Gasteiger partial charge >= 0.3 is 12.1 Å². The van der Waals surface area contributed by atoms with E-state index in [1.165, 1.54) is 11.3 Å². The van der Waals surface area contributed by atoms with Crippen LogP contribution in [0, 0.1) is 0 Å². The average molecular weight is 473 g/mol. The van der Waals surface area contributed by atoms with E-state index in [-0.39, 0.29) is 19.6 Å². The van der Waals surface area contributed by atoms with Crippen molar-refractivity contribution in [3.63, 3.8) is 0 Å². The number of amides is 1. The van der Waals surface area contributed by atoms with Crippen LogP contribution in [0.25, 0.3) is 10.6 Å². The fraction of sp³-hybridized carbons (Fsp3) is 0.148. The summed E-state index contributed by atoms with van der Waals surface area (Å²) in [5, 5.41) is 5.37. The van der Waals surface area contributed by atoms with Crippen molar-refractivity contribution in [2.75, 3.05) is 0 Å². The lowest BCUT2D eigenvalue weighted by atomic mass is 10.1. The van der Waals surface area contributed by atoms with Crippen LogP contribution in [0.4, 0.5) is 4.79 Å². The molecule has 1 aromatic heterocycles. The summed E-state index contributed by atoms with van der Waals surface area (Å²) in [6, 6.07) is 27.7. The lowest BCUT2D eigenvalue weighted by molar-refractivity contribution is -0.147. The van der Waals surface area contributed by atoms with Gasteiger partial charge in [-0.25, -0.2) is 14.6 Å². The molecule has 6 nitrogen and oxygen atoms in total. The number of nitrogens with one attached hydrogen (secondary N) is 1. The smallest absolute Gasteiger partial charge is 0.408 e. The van der Waals surface area contributed by atoms with Crippen LogP contribution >= 0.6 is 11.3 Å². The summed E-state index contributed by atoms with van der Waals surface area (Å²) in [5.74, 6) is -0.547. The summed E-state index contributed by atoms with van der Waals surface area (Å²) in [6.45, 7) is 0.134. The molecule has 0 radical (unpaired) electrons. The Labute approximate surface area is 202 Å². The van der Waals surface area contributed by atoms with Gasteiger partial charge in [-0.15, -0.1) is 11.3 Å². The second-order valence-corrected chi connectivity index (χ2v) is 8.42. The molecule has 0 fully saturated rings. The van der Waals surface area contributed by atoms with Crippen molar-refractivity contribution in [1.82, 2.24) is 10.3 Å². The van der Waals surface area contributed by atoms with E-state index in [1.54, 1.807) is 0 Å². The molecular formula is C27H24N2O4S. The molecule has 0 unspecified atom stereocenters. The first-order valence-electron chi connectivity index (χ1n) is 10.8. The zero-order valence-corrected chi connectivity index (χ0v) is 19.2. The van der Waals surface area contributed by atoms with Crippen molar-refractivity contribution < 1.29 is 19.1 Å². The Balaban J connectivity index is 1.37. The highest BCUT2D eigenvalue weighted by Gasteiger charge is 2.24. The van der Waals surface area contributed by atoms with Crippen molar-refractivity contribution in [3.05, 3.63) is 113 Å². The van der Waals surface area contributed by atoms with E-state index < -0.39 is 18.1 Å². The number of carbonyl (C=O) groups is 2. The molecule has 3 aromatic carbocycles. The fourth-order valence-corrected chi connectivity index (χ4v) is 4.09. The highest BCUT2D eigenvalue weighted by molar-refractivity contribution is 7.13. The maximum absolute atomic E-state index is 12.9. The monoisotopic (exact) mass is 472 g/mol. The molecule has 0 saturated heterocycles. The molecule has 0 saturated carbocycles. The normalized spacial score (nSPS) is 11.4. The van der Waals surface area contributed by atoms with Gasteiger partial charge in [0.25, 0.3) is 0 Å². The molecule has 172 valence electrons. The van der Waals surface area contributed by atoms with Crippen molar-refractivity contribution in [2.24, 2.45) is 0 Å². The first-order chi connectivity index (χ1) is 16.7. The molecule has 4 aromatic rings. The average Bonchev–Trinajstić information content (AvgIpc) is 3.37. The predicted molar refractivity (Wildman–Crippen MR) is 131 cm³/mol. The summed E-state index contributed by atoms with van der Waals surface area (Å²) in [6.07, 6.45) is -0.395. The maximum atomic E-state index is 12.9. The van der Waals surface area contributed by atoms with Gasteiger partial charge in [0.05, 0.1) is 5.69 Å². The number of carbonyl (C=O) groups excluding carboxylic acids is 2. The van der Waals surface area contributed by atoms with Gasteiger partial charge in [-0.1, -0.05) is 91.0 Å². The van der Waals surface area contributed by atoms with E-state index in [2.05, 4.69) is 10.3 Å². The summed E-state index contributed by atoms with van der Waals surface area (Å²) in [7, 11) is 0. The molecule has 0 aliphatic heterocycles. The second kappa shape index (κ2) is 11.8. The van der Waals surface area contributed by atoms with Gasteiger partial charge in [0.15, 0.2) is 0 Å². The molecule has 1 atom stereocenters. The van der Waals surface area contributed by atoms with Crippen molar-refractivity contribution in [3.8, 4) is 10.6 Å². The van der Waals surface area contributed by atoms with Gasteiger partial charge in [-0.05, 0) is 11.1 Å². The van der Waals surface area contributed by atoms with Crippen molar-refractivity contribution >= 4 is 23.4 Å². The number of nitrogens with zero attached hydrogens (tertiary/aromatic N) is 1. The van der Waals surface area contributed by atoms with E-state index in [1.807, 2.05) is 96.4 Å². The summed E-state index contributed by atoms with van der Waals surface area (Å²) < 4.78 is 10.8. The van der Waals surface area contributed by atoms with E-state index in [9.17, 15) is 9.59 Å². The highest BCUT2D eigenvalue weighted by atomic mass is 32.1. The number of hydrogen-bond acceptors (Lipinski definition) is 6.